The number of hydrogen-bond donors (Lipinski definition) is 0. The van der Waals surface area contributed by atoms with Gasteiger partial charge in [0.2, 0.25) is 11.8 Å². The highest BCUT2D eigenvalue weighted by atomic mass is 32.2. The van der Waals surface area contributed by atoms with Crippen LogP contribution in [0.2, 0.25) is 0 Å². The second-order valence-corrected chi connectivity index (χ2v) is 21.2. The van der Waals surface area contributed by atoms with E-state index < -0.39 is 0 Å². The Morgan fingerprint density at radius 3 is 1.22 bits per heavy atom. The molecule has 2 saturated heterocycles. The summed E-state index contributed by atoms with van der Waals surface area (Å²) in [5.74, 6) is 3.48. The molecule has 77 heavy (non-hydrogen) atoms. The van der Waals surface area contributed by atoms with Gasteiger partial charge in [-0.1, -0.05) is 36.0 Å². The average molecular weight is 1100 g/mol. The van der Waals surface area contributed by atoms with Crippen LogP contribution in [0.1, 0.15) is 33.4 Å². The van der Waals surface area contributed by atoms with Gasteiger partial charge in [0, 0.05) is 107 Å². The highest BCUT2D eigenvalue weighted by molar-refractivity contribution is 7.99. The summed E-state index contributed by atoms with van der Waals surface area (Å²) in [7, 11) is 0. The van der Waals surface area contributed by atoms with Crippen molar-refractivity contribution in [2.75, 3.05) is 79.0 Å². The fraction of sp³-hybridized carbons (Fsp3) is 0.276. The minimum atomic E-state index is -0.112. The number of hydrogen-bond acceptors (Lipinski definition) is 17. The zero-order valence-electron chi connectivity index (χ0n) is 41.7. The molecule has 0 atom stereocenters. The lowest BCUT2D eigenvalue weighted by Gasteiger charge is -2.25. The van der Waals surface area contributed by atoms with Gasteiger partial charge in [-0.25, -0.2) is 0 Å². The molecule has 0 bridgehead atoms. The van der Waals surface area contributed by atoms with Gasteiger partial charge in [-0.05, 0) is 107 Å². The maximum absolute atomic E-state index is 13.7. The third kappa shape index (κ3) is 11.8. The molecule has 6 aromatic rings. The first-order valence-electron chi connectivity index (χ1n) is 25.5. The van der Waals surface area contributed by atoms with E-state index in [-0.39, 0.29) is 11.8 Å². The van der Waals surface area contributed by atoms with Crippen molar-refractivity contribution in [3.05, 3.63) is 143 Å². The number of benzene rings is 6. The quantitative estimate of drug-likeness (QED) is 0.0577. The van der Waals surface area contributed by atoms with Gasteiger partial charge in [-0.3, -0.25) is 9.59 Å². The van der Waals surface area contributed by atoms with Crippen LogP contribution in [0, 0.1) is 0 Å². The fourth-order valence-corrected chi connectivity index (χ4v) is 12.0. The highest BCUT2D eigenvalue weighted by Crippen LogP contribution is 2.52. The topological polar surface area (TPSA) is 151 Å². The molecule has 12 rings (SSSR count). The molecule has 0 saturated carbocycles. The third-order valence-electron chi connectivity index (χ3n) is 13.6. The van der Waals surface area contributed by atoms with Crippen LogP contribution < -0.4 is 27.9 Å². The van der Waals surface area contributed by atoms with Gasteiger partial charge in [-0.2, -0.15) is 19.6 Å². The lowest BCUT2D eigenvalue weighted by molar-refractivity contribution is -0.215. The number of nitrogens with zero attached hydrogens (tertiary/aromatic N) is 2. The minimum absolute atomic E-state index is 0.112. The second-order valence-electron chi connectivity index (χ2n) is 18.5. The molecule has 0 radical (unpaired) electrons. The van der Waals surface area contributed by atoms with E-state index in [2.05, 4.69) is 24.3 Å². The predicted molar refractivity (Wildman–Crippen MR) is 288 cm³/mol. The summed E-state index contributed by atoms with van der Waals surface area (Å²) < 4.78 is 25.3. The van der Waals surface area contributed by atoms with Gasteiger partial charge in [-0.15, -0.1) is 0 Å². The van der Waals surface area contributed by atoms with Crippen LogP contribution >= 0.6 is 35.8 Å². The zero-order chi connectivity index (χ0) is 51.9. The standard InChI is InChI=1S/C58H52N2O14S3/c61-53(59-21-29-63-30-22-59)15-5-37-3-13-51(57(55(37)43-1-9-47-39(33-43)17-25-65-69-47)73-76-45-7-11-49-41(35-45)19-27-67-71-49)75-52-14-4-38(6-16-54(62)60-23-31-64-32-24-60)56(44-2-10-48-40(34-44)18-26-66-70-48)58(52)74-77-46-8-12-50-42(36-46)20-28-68-72-50/h1-16,33-36H,17-32H2/b15-5+,16-6+. The normalized spacial score (nSPS) is 17.0. The Labute approximate surface area is 457 Å². The molecule has 396 valence electrons. The molecule has 16 nitrogen and oxygen atoms in total. The van der Waals surface area contributed by atoms with Gasteiger partial charge in [0.25, 0.3) is 0 Å². The van der Waals surface area contributed by atoms with Crippen LogP contribution in [-0.2, 0) is 64.3 Å². The van der Waals surface area contributed by atoms with Crippen molar-refractivity contribution < 1.29 is 66.5 Å². The van der Waals surface area contributed by atoms with E-state index in [1.807, 2.05) is 84.9 Å². The fourth-order valence-electron chi connectivity index (χ4n) is 9.57. The molecule has 0 unspecified atom stereocenters. The Kier molecular flexibility index (Phi) is 15.9. The maximum atomic E-state index is 13.7. The summed E-state index contributed by atoms with van der Waals surface area (Å²) in [5.41, 5.74) is 8.68. The third-order valence-corrected chi connectivity index (χ3v) is 16.1. The van der Waals surface area contributed by atoms with Crippen LogP contribution in [-0.4, -0.2) is 101 Å². The maximum Gasteiger partial charge on any atom is 0.246 e. The molecule has 19 heteroatoms. The molecule has 0 N–H and O–H groups in total. The summed E-state index contributed by atoms with van der Waals surface area (Å²) in [5, 5.41) is 0. The number of fused-ring (bicyclic) bond motifs is 4. The zero-order valence-corrected chi connectivity index (χ0v) is 44.1. The van der Waals surface area contributed by atoms with E-state index in [0.29, 0.717) is 139 Å². The van der Waals surface area contributed by atoms with Crippen molar-refractivity contribution in [1.82, 2.24) is 9.80 Å². The van der Waals surface area contributed by atoms with Gasteiger partial charge in [0.1, 0.15) is 0 Å². The number of carbonyl (C=O) groups is 2. The molecule has 6 aliphatic heterocycles. The number of ether oxygens (including phenoxy) is 2. The Balaban J connectivity index is 1.02. The molecule has 0 aromatic heterocycles. The Morgan fingerprint density at radius 1 is 0.442 bits per heavy atom. The van der Waals surface area contributed by atoms with E-state index in [0.717, 1.165) is 75.2 Å². The minimum Gasteiger partial charge on any atom is -0.419 e. The Hall–Kier alpha value is -6.65. The largest absolute Gasteiger partial charge is 0.419 e. The molecule has 2 fully saturated rings. The van der Waals surface area contributed by atoms with Crippen LogP contribution in [0.4, 0.5) is 0 Å². The van der Waals surface area contributed by atoms with E-state index >= 15 is 0 Å². The predicted octanol–water partition coefficient (Wildman–Crippen LogP) is 10.6. The first-order chi connectivity index (χ1) is 38.0. The summed E-state index contributed by atoms with van der Waals surface area (Å²) in [6.07, 6.45) is 9.60. The summed E-state index contributed by atoms with van der Waals surface area (Å²) in [4.78, 5) is 77.8. The summed E-state index contributed by atoms with van der Waals surface area (Å²) in [6, 6.07) is 31.8. The van der Waals surface area contributed by atoms with Crippen LogP contribution in [0.3, 0.4) is 0 Å². The van der Waals surface area contributed by atoms with Crippen molar-refractivity contribution >= 4 is 59.8 Å². The number of rotatable bonds is 14. The first kappa shape index (κ1) is 51.1. The Morgan fingerprint density at radius 2 is 0.818 bits per heavy atom. The van der Waals surface area contributed by atoms with Crippen molar-refractivity contribution in [3.63, 3.8) is 0 Å². The van der Waals surface area contributed by atoms with Crippen molar-refractivity contribution in [1.29, 1.82) is 0 Å². The van der Waals surface area contributed by atoms with E-state index in [9.17, 15) is 9.59 Å². The average Bonchev–Trinajstić information content (AvgIpc) is 3.49. The molecule has 6 aliphatic rings. The summed E-state index contributed by atoms with van der Waals surface area (Å²) in [6.45, 7) is 5.63. The molecular formula is C58H52N2O14S3. The summed E-state index contributed by atoms with van der Waals surface area (Å²) >= 11 is 3.93. The number of carbonyl (C=O) groups excluding carboxylic acids is 2. The highest BCUT2D eigenvalue weighted by Gasteiger charge is 2.27. The molecule has 6 heterocycles. The van der Waals surface area contributed by atoms with Gasteiger partial charge in [0.05, 0.1) is 86.7 Å². The van der Waals surface area contributed by atoms with Crippen molar-refractivity contribution in [2.24, 2.45) is 0 Å². The van der Waals surface area contributed by atoms with Crippen LogP contribution in [0.15, 0.2) is 129 Å². The lowest BCUT2D eigenvalue weighted by Crippen LogP contribution is -2.39. The lowest BCUT2D eigenvalue weighted by atomic mass is 9.95. The second kappa shape index (κ2) is 23.9. The van der Waals surface area contributed by atoms with E-state index in [4.69, 9.17) is 56.9 Å². The molecule has 2 amide bonds. The SMILES string of the molecule is O=C(/C=C/c1ccc(Sc2ccc(/C=C/C(=O)N3CCOCC3)c(-c3ccc4c(c3)CCOO4)c2OSc2ccc3c(c2)CCOO3)c(OSc2ccc3c(c2)CCOO3)c1-c1ccc2c(c1)CCOO2)N1CCOCC1. The van der Waals surface area contributed by atoms with Gasteiger partial charge >= 0.3 is 0 Å². The first-order valence-corrected chi connectivity index (χ1v) is 27.8. The molecule has 0 spiro atoms. The molecule has 6 aromatic carbocycles. The van der Waals surface area contributed by atoms with Crippen molar-refractivity contribution in [2.45, 2.75) is 45.3 Å². The number of morpholine rings is 2. The van der Waals surface area contributed by atoms with Gasteiger partial charge < -0.3 is 47.2 Å². The molecule has 0 aliphatic carbocycles. The Bertz CT molecular complexity index is 3040. The van der Waals surface area contributed by atoms with E-state index in [1.165, 1.54) is 35.8 Å². The smallest absolute Gasteiger partial charge is 0.246 e. The van der Waals surface area contributed by atoms with Gasteiger partial charge in [0.15, 0.2) is 34.5 Å². The molecular weight excluding hydrogens is 1040 g/mol. The monoisotopic (exact) mass is 1100 g/mol. The van der Waals surface area contributed by atoms with Crippen LogP contribution in [0.25, 0.3) is 34.4 Å². The number of amides is 2. The van der Waals surface area contributed by atoms with Crippen LogP contribution in [0.5, 0.6) is 34.5 Å². The van der Waals surface area contributed by atoms with Crippen molar-refractivity contribution in [3.8, 4) is 56.8 Å². The van der Waals surface area contributed by atoms with E-state index in [1.54, 1.807) is 22.0 Å².